The highest BCUT2D eigenvalue weighted by molar-refractivity contribution is 14.0. The van der Waals surface area contributed by atoms with Crippen molar-refractivity contribution in [3.63, 3.8) is 0 Å². The molecule has 1 N–H and O–H groups in total. The van der Waals surface area contributed by atoms with Crippen LogP contribution in [0.3, 0.4) is 0 Å². The molecule has 4 rings (SSSR count). The predicted molar refractivity (Wildman–Crippen MR) is 145 cm³/mol. The zero-order chi connectivity index (χ0) is 21.5. The molecular formula is C25H36IN5O. The van der Waals surface area contributed by atoms with Crippen molar-refractivity contribution in [1.82, 2.24) is 10.2 Å². The number of nitrogens with one attached hydrogen (secondary N) is 1. The Balaban J connectivity index is 0.00000289. The molecule has 2 fully saturated rings. The van der Waals surface area contributed by atoms with E-state index in [0.29, 0.717) is 5.92 Å². The molecule has 0 spiro atoms. The Labute approximate surface area is 209 Å². The molecule has 0 aliphatic carbocycles. The highest BCUT2D eigenvalue weighted by Crippen LogP contribution is 2.24. The molecule has 2 saturated heterocycles. The van der Waals surface area contributed by atoms with Crippen LogP contribution in [0, 0.1) is 5.92 Å². The van der Waals surface area contributed by atoms with Crippen molar-refractivity contribution in [1.29, 1.82) is 0 Å². The summed E-state index contributed by atoms with van der Waals surface area (Å²) in [6, 6.07) is 19.1. The summed E-state index contributed by atoms with van der Waals surface area (Å²) >= 11 is 0. The Bertz CT molecular complexity index is 837. The van der Waals surface area contributed by atoms with Crippen molar-refractivity contribution < 1.29 is 4.74 Å². The third-order valence-corrected chi connectivity index (χ3v) is 6.26. The highest BCUT2D eigenvalue weighted by Gasteiger charge is 2.24. The number of para-hydroxylation sites is 1. The Morgan fingerprint density at radius 2 is 1.62 bits per heavy atom. The van der Waals surface area contributed by atoms with Gasteiger partial charge in [-0.1, -0.05) is 18.2 Å². The second-order valence-corrected chi connectivity index (χ2v) is 8.30. The minimum atomic E-state index is 0. The van der Waals surface area contributed by atoms with E-state index in [9.17, 15) is 0 Å². The summed E-state index contributed by atoms with van der Waals surface area (Å²) < 4.78 is 5.28. The molecule has 0 bridgehead atoms. The van der Waals surface area contributed by atoms with Gasteiger partial charge in [-0.25, -0.2) is 0 Å². The van der Waals surface area contributed by atoms with Crippen molar-refractivity contribution >= 4 is 41.3 Å². The van der Waals surface area contributed by atoms with Crippen LogP contribution in [0.25, 0.3) is 0 Å². The molecule has 0 aromatic heterocycles. The van der Waals surface area contributed by atoms with Gasteiger partial charge in [0.15, 0.2) is 5.96 Å². The predicted octanol–water partition coefficient (Wildman–Crippen LogP) is 3.93. The van der Waals surface area contributed by atoms with Gasteiger partial charge >= 0.3 is 0 Å². The molecule has 0 saturated carbocycles. The van der Waals surface area contributed by atoms with Crippen LogP contribution >= 0.6 is 24.0 Å². The number of aliphatic imine (C=N–C) groups is 1. The number of benzene rings is 2. The van der Waals surface area contributed by atoms with E-state index in [4.69, 9.17) is 9.73 Å². The van der Waals surface area contributed by atoms with E-state index in [1.165, 1.54) is 17.8 Å². The van der Waals surface area contributed by atoms with Gasteiger partial charge in [0.1, 0.15) is 5.75 Å². The number of hydrogen-bond acceptors (Lipinski definition) is 4. The summed E-state index contributed by atoms with van der Waals surface area (Å²) in [5, 5.41) is 3.52. The Kier molecular flexibility index (Phi) is 9.32. The fourth-order valence-electron chi connectivity index (χ4n) is 4.47. The zero-order valence-electron chi connectivity index (χ0n) is 19.2. The number of guanidine groups is 1. The molecule has 174 valence electrons. The Morgan fingerprint density at radius 3 is 2.28 bits per heavy atom. The average molecular weight is 550 g/mol. The number of ether oxygens (including phenoxy) is 1. The first-order chi connectivity index (χ1) is 15.3. The maximum absolute atomic E-state index is 5.28. The van der Waals surface area contributed by atoms with E-state index in [2.05, 4.69) is 69.4 Å². The van der Waals surface area contributed by atoms with Crippen LogP contribution in [0.1, 0.15) is 13.3 Å². The lowest BCUT2D eigenvalue weighted by molar-refractivity contribution is 0.371. The first-order valence-corrected chi connectivity index (χ1v) is 11.5. The summed E-state index contributed by atoms with van der Waals surface area (Å²) in [4.78, 5) is 12.4. The lowest BCUT2D eigenvalue weighted by Crippen LogP contribution is -2.52. The van der Waals surface area contributed by atoms with E-state index in [0.717, 1.165) is 64.1 Å². The summed E-state index contributed by atoms with van der Waals surface area (Å²) in [6.45, 7) is 10.1. The normalized spacial score (nSPS) is 19.0. The molecule has 0 radical (unpaired) electrons. The van der Waals surface area contributed by atoms with E-state index in [-0.39, 0.29) is 24.0 Å². The van der Waals surface area contributed by atoms with Crippen molar-refractivity contribution in [2.24, 2.45) is 10.9 Å². The van der Waals surface area contributed by atoms with Gasteiger partial charge in [0, 0.05) is 63.7 Å². The molecule has 6 nitrogen and oxygen atoms in total. The second-order valence-electron chi connectivity index (χ2n) is 8.30. The second kappa shape index (κ2) is 12.2. The van der Waals surface area contributed by atoms with Crippen molar-refractivity contribution in [2.75, 3.05) is 69.3 Å². The molecular weight excluding hydrogens is 513 g/mol. The topological polar surface area (TPSA) is 43.3 Å². The molecule has 2 aliphatic rings. The van der Waals surface area contributed by atoms with Crippen LogP contribution in [-0.4, -0.2) is 70.3 Å². The minimum Gasteiger partial charge on any atom is -0.497 e. The number of methoxy groups -OCH3 is 1. The summed E-state index contributed by atoms with van der Waals surface area (Å²) in [7, 11) is 1.71. The van der Waals surface area contributed by atoms with Crippen molar-refractivity contribution in [3.8, 4) is 5.75 Å². The molecule has 0 amide bonds. The van der Waals surface area contributed by atoms with Gasteiger partial charge in [0.05, 0.1) is 7.11 Å². The third kappa shape index (κ3) is 6.21. The maximum Gasteiger partial charge on any atom is 0.194 e. The van der Waals surface area contributed by atoms with Gasteiger partial charge in [-0.15, -0.1) is 24.0 Å². The van der Waals surface area contributed by atoms with E-state index in [1.54, 1.807) is 7.11 Å². The summed E-state index contributed by atoms with van der Waals surface area (Å²) in [5.74, 6) is 2.59. The Hall–Kier alpha value is -2.16. The molecule has 1 unspecified atom stereocenters. The van der Waals surface area contributed by atoms with Gasteiger partial charge in [-0.05, 0) is 55.7 Å². The van der Waals surface area contributed by atoms with E-state index in [1.807, 2.05) is 12.1 Å². The molecule has 7 heteroatoms. The zero-order valence-corrected chi connectivity index (χ0v) is 21.6. The van der Waals surface area contributed by atoms with Gasteiger partial charge in [-0.2, -0.15) is 0 Å². The monoisotopic (exact) mass is 549 g/mol. The fraction of sp³-hybridized carbons (Fsp3) is 0.480. The number of nitrogens with zero attached hydrogens (tertiary/aromatic N) is 4. The maximum atomic E-state index is 5.28. The van der Waals surface area contributed by atoms with Gasteiger partial charge in [0.2, 0.25) is 0 Å². The van der Waals surface area contributed by atoms with E-state index >= 15 is 0 Å². The smallest absolute Gasteiger partial charge is 0.194 e. The molecule has 2 aromatic rings. The minimum absolute atomic E-state index is 0. The SMILES string of the molecule is CCNC(=NCC1CCN(c2ccccc2)C1)N1CCN(c2ccc(OC)cc2)CC1.I. The number of anilines is 2. The quantitative estimate of drug-likeness (QED) is 0.336. The van der Waals surface area contributed by atoms with Crippen LogP contribution in [0.5, 0.6) is 5.75 Å². The first-order valence-electron chi connectivity index (χ1n) is 11.5. The fourth-order valence-corrected chi connectivity index (χ4v) is 4.47. The Morgan fingerprint density at radius 1 is 0.938 bits per heavy atom. The number of halogens is 1. The lowest BCUT2D eigenvalue weighted by Gasteiger charge is -2.37. The van der Waals surface area contributed by atoms with Crippen LogP contribution in [-0.2, 0) is 0 Å². The largest absolute Gasteiger partial charge is 0.497 e. The number of hydrogen-bond donors (Lipinski definition) is 1. The van der Waals surface area contributed by atoms with Gasteiger partial charge in [-0.3, -0.25) is 4.99 Å². The number of rotatable bonds is 6. The van der Waals surface area contributed by atoms with E-state index < -0.39 is 0 Å². The third-order valence-electron chi connectivity index (χ3n) is 6.26. The standard InChI is InChI=1S/C25H35N5O.HI/c1-3-26-25(27-19-21-13-14-30(20-21)22-7-5-4-6-8-22)29-17-15-28(16-18-29)23-9-11-24(31-2)12-10-23;/h4-12,21H,3,13-20H2,1-2H3,(H,26,27);1H. The van der Waals surface area contributed by atoms with Crippen molar-refractivity contribution in [3.05, 3.63) is 54.6 Å². The molecule has 2 heterocycles. The van der Waals surface area contributed by atoms with Gasteiger partial charge < -0.3 is 24.8 Å². The van der Waals surface area contributed by atoms with Crippen LogP contribution in [0.2, 0.25) is 0 Å². The summed E-state index contributed by atoms with van der Waals surface area (Å²) in [6.07, 6.45) is 1.21. The van der Waals surface area contributed by atoms with Crippen LogP contribution in [0.15, 0.2) is 59.6 Å². The average Bonchev–Trinajstić information content (AvgIpc) is 3.32. The van der Waals surface area contributed by atoms with Gasteiger partial charge in [0.25, 0.3) is 0 Å². The first kappa shape index (κ1) is 24.5. The molecule has 1 atom stereocenters. The van der Waals surface area contributed by atoms with Crippen molar-refractivity contribution in [2.45, 2.75) is 13.3 Å². The van der Waals surface area contributed by atoms with Crippen LogP contribution in [0.4, 0.5) is 11.4 Å². The highest BCUT2D eigenvalue weighted by atomic mass is 127. The summed E-state index contributed by atoms with van der Waals surface area (Å²) in [5.41, 5.74) is 2.59. The molecule has 32 heavy (non-hydrogen) atoms. The van der Waals surface area contributed by atoms with Crippen LogP contribution < -0.4 is 19.9 Å². The molecule has 2 aliphatic heterocycles. The lowest BCUT2D eigenvalue weighted by atomic mass is 10.1. The number of piperazine rings is 1. The molecule has 2 aromatic carbocycles.